The van der Waals surface area contributed by atoms with Crippen LogP contribution in [0.2, 0.25) is 5.02 Å². The Morgan fingerprint density at radius 2 is 1.76 bits per heavy atom. The first-order valence-corrected chi connectivity index (χ1v) is 12.4. The molecule has 0 radical (unpaired) electrons. The van der Waals surface area contributed by atoms with Gasteiger partial charge in [0.2, 0.25) is 0 Å². The fourth-order valence-corrected chi connectivity index (χ4v) is 4.79. The second-order valence-corrected chi connectivity index (χ2v) is 9.58. The first-order chi connectivity index (χ1) is 18.0. The van der Waals surface area contributed by atoms with Crippen molar-refractivity contribution in [2.45, 2.75) is 38.4 Å². The molecule has 0 aliphatic rings. The van der Waals surface area contributed by atoms with E-state index in [-0.39, 0.29) is 19.4 Å². The lowest BCUT2D eigenvalue weighted by molar-refractivity contribution is -0.137. The summed E-state index contributed by atoms with van der Waals surface area (Å²) in [5, 5.41) is 12.8. The highest BCUT2D eigenvalue weighted by atomic mass is 35.5. The maximum Gasteiger partial charge on any atom is 0.389 e. The quantitative estimate of drug-likeness (QED) is 0.231. The predicted octanol–water partition coefficient (Wildman–Crippen LogP) is 7.41. The molecule has 1 atom stereocenters. The number of benzene rings is 3. The van der Waals surface area contributed by atoms with Gasteiger partial charge in [0.15, 0.2) is 0 Å². The molecular weight excluding hydrogens is 517 g/mol. The summed E-state index contributed by atoms with van der Waals surface area (Å²) in [4.78, 5) is 22.9. The highest BCUT2D eigenvalue weighted by Crippen LogP contribution is 2.35. The van der Waals surface area contributed by atoms with Crippen molar-refractivity contribution in [3.63, 3.8) is 0 Å². The summed E-state index contributed by atoms with van der Waals surface area (Å²) in [5.74, 6) is -1.47. The molecule has 0 fully saturated rings. The van der Waals surface area contributed by atoms with E-state index in [1.807, 2.05) is 54.0 Å². The van der Waals surface area contributed by atoms with Crippen molar-refractivity contribution in [2.75, 3.05) is 6.54 Å². The number of halogens is 4. The number of carboxylic acids is 1. The van der Waals surface area contributed by atoms with Gasteiger partial charge in [0, 0.05) is 40.7 Å². The zero-order valence-electron chi connectivity index (χ0n) is 20.6. The van der Waals surface area contributed by atoms with Crippen LogP contribution < -0.4 is 5.32 Å². The number of nitrogens with zero attached hydrogens (tertiary/aromatic N) is 1. The van der Waals surface area contributed by atoms with E-state index in [1.54, 1.807) is 30.5 Å². The summed E-state index contributed by atoms with van der Waals surface area (Å²) >= 11 is 6.09. The van der Waals surface area contributed by atoms with Crippen molar-refractivity contribution in [3.8, 4) is 11.1 Å². The van der Waals surface area contributed by atoms with Gasteiger partial charge in [0.25, 0.3) is 5.91 Å². The Kier molecular flexibility index (Phi) is 8.11. The summed E-state index contributed by atoms with van der Waals surface area (Å²) in [6.07, 6.45) is -3.86. The van der Waals surface area contributed by atoms with E-state index in [0.29, 0.717) is 16.1 Å². The van der Waals surface area contributed by atoms with Crippen molar-refractivity contribution in [3.05, 3.63) is 94.6 Å². The highest BCUT2D eigenvalue weighted by Gasteiger charge is 2.29. The normalized spacial score (nSPS) is 12.4. The van der Waals surface area contributed by atoms with E-state index < -0.39 is 30.5 Å². The fourth-order valence-electron chi connectivity index (χ4n) is 4.56. The molecule has 0 spiro atoms. The Morgan fingerprint density at radius 1 is 1.03 bits per heavy atom. The molecule has 4 rings (SSSR count). The molecule has 1 unspecified atom stereocenters. The Hall–Kier alpha value is -3.78. The molecular formula is C29H26ClF3N2O3. The minimum atomic E-state index is -4.32. The lowest BCUT2D eigenvalue weighted by Crippen LogP contribution is -2.26. The van der Waals surface area contributed by atoms with E-state index in [9.17, 15) is 22.8 Å². The van der Waals surface area contributed by atoms with Gasteiger partial charge in [-0.25, -0.2) is 0 Å². The number of rotatable bonds is 9. The number of carbonyl (C=O) groups is 2. The van der Waals surface area contributed by atoms with Gasteiger partial charge in [0.1, 0.15) is 0 Å². The Labute approximate surface area is 222 Å². The number of carboxylic acid groups (broad SMARTS) is 1. The predicted molar refractivity (Wildman–Crippen MR) is 142 cm³/mol. The summed E-state index contributed by atoms with van der Waals surface area (Å²) in [6, 6.07) is 19.2. The van der Waals surface area contributed by atoms with Gasteiger partial charge in [0.05, 0.1) is 12.5 Å². The Balaban J connectivity index is 1.64. The molecule has 0 saturated carbocycles. The average molecular weight is 543 g/mol. The van der Waals surface area contributed by atoms with Crippen LogP contribution in [0.5, 0.6) is 0 Å². The molecule has 1 aromatic heterocycles. The number of hydrogen-bond donors (Lipinski definition) is 2. The topological polar surface area (TPSA) is 71.3 Å². The Bertz CT molecular complexity index is 1460. The minimum Gasteiger partial charge on any atom is -0.481 e. The van der Waals surface area contributed by atoms with Crippen molar-refractivity contribution in [1.82, 2.24) is 9.88 Å². The number of nitrogens with one attached hydrogen (secondary N) is 1. The van der Waals surface area contributed by atoms with Crippen LogP contribution in [-0.4, -0.2) is 34.3 Å². The fraction of sp³-hybridized carbons (Fsp3) is 0.241. The van der Waals surface area contributed by atoms with Crippen molar-refractivity contribution >= 4 is 34.4 Å². The SMILES string of the molecule is Cc1cc(Cl)ccc1-c1ccc2c(ccn2C(CCC(F)(F)F)c2ccc(C(=O)NCCC(=O)O)cc2)c1. The molecule has 1 amide bonds. The first-order valence-electron chi connectivity index (χ1n) is 12.1. The molecule has 38 heavy (non-hydrogen) atoms. The standard InChI is InChI=1S/C29H26ClF3N2O3/c1-18-16-23(30)7-8-24(18)21-6-9-25-22(17-21)12-15-35(25)26(10-13-29(31,32)33)19-2-4-20(5-3-19)28(38)34-14-11-27(36)37/h2-9,12,15-17,26H,10-11,13-14H2,1H3,(H,34,38)(H,36,37). The van der Waals surface area contributed by atoms with Gasteiger partial charge in [-0.15, -0.1) is 0 Å². The maximum absolute atomic E-state index is 13.2. The van der Waals surface area contributed by atoms with Crippen LogP contribution in [0.15, 0.2) is 72.9 Å². The van der Waals surface area contributed by atoms with Gasteiger partial charge in [-0.3, -0.25) is 9.59 Å². The van der Waals surface area contributed by atoms with E-state index in [1.165, 1.54) is 0 Å². The van der Waals surface area contributed by atoms with E-state index in [4.69, 9.17) is 16.7 Å². The van der Waals surface area contributed by atoms with Gasteiger partial charge in [-0.2, -0.15) is 13.2 Å². The molecule has 5 nitrogen and oxygen atoms in total. The third-order valence-electron chi connectivity index (χ3n) is 6.44. The van der Waals surface area contributed by atoms with Gasteiger partial charge >= 0.3 is 12.1 Å². The zero-order chi connectivity index (χ0) is 27.4. The highest BCUT2D eigenvalue weighted by molar-refractivity contribution is 6.30. The van der Waals surface area contributed by atoms with Crippen LogP contribution in [-0.2, 0) is 4.79 Å². The number of fused-ring (bicyclic) bond motifs is 1. The summed E-state index contributed by atoms with van der Waals surface area (Å²) in [6.45, 7) is 1.96. The summed E-state index contributed by atoms with van der Waals surface area (Å²) < 4.78 is 41.5. The number of amides is 1. The average Bonchev–Trinajstić information content (AvgIpc) is 3.26. The molecule has 198 valence electrons. The van der Waals surface area contributed by atoms with E-state index in [0.717, 1.165) is 27.6 Å². The first kappa shape index (κ1) is 27.3. The molecule has 4 aromatic rings. The van der Waals surface area contributed by atoms with Gasteiger partial charge in [-0.05, 0) is 78.1 Å². The zero-order valence-corrected chi connectivity index (χ0v) is 21.3. The third-order valence-corrected chi connectivity index (χ3v) is 6.67. The van der Waals surface area contributed by atoms with Crippen LogP contribution in [0.3, 0.4) is 0 Å². The number of carbonyl (C=O) groups excluding carboxylic acids is 1. The molecule has 9 heteroatoms. The summed E-state index contributed by atoms with van der Waals surface area (Å²) in [5.41, 5.74) is 4.75. The van der Waals surface area contributed by atoms with Gasteiger partial charge in [-0.1, -0.05) is 35.9 Å². The number of aryl methyl sites for hydroxylation is 1. The lowest BCUT2D eigenvalue weighted by atomic mass is 9.98. The van der Waals surface area contributed by atoms with Crippen molar-refractivity contribution in [1.29, 1.82) is 0 Å². The smallest absolute Gasteiger partial charge is 0.389 e. The molecule has 2 N–H and O–H groups in total. The molecule has 0 aliphatic carbocycles. The van der Waals surface area contributed by atoms with Crippen LogP contribution in [0.25, 0.3) is 22.0 Å². The monoisotopic (exact) mass is 542 g/mol. The minimum absolute atomic E-state index is 0.0168. The summed E-state index contributed by atoms with van der Waals surface area (Å²) in [7, 11) is 0. The lowest BCUT2D eigenvalue weighted by Gasteiger charge is -2.22. The van der Waals surface area contributed by atoms with Crippen LogP contribution in [0, 0.1) is 6.92 Å². The number of aliphatic carboxylic acids is 1. The number of alkyl halides is 3. The van der Waals surface area contributed by atoms with Crippen LogP contribution >= 0.6 is 11.6 Å². The molecule has 3 aromatic carbocycles. The van der Waals surface area contributed by atoms with Crippen LogP contribution in [0.4, 0.5) is 13.2 Å². The molecule has 1 heterocycles. The number of aromatic nitrogens is 1. The molecule has 0 aliphatic heterocycles. The second kappa shape index (κ2) is 11.3. The van der Waals surface area contributed by atoms with E-state index in [2.05, 4.69) is 5.32 Å². The van der Waals surface area contributed by atoms with Gasteiger partial charge < -0.3 is 15.0 Å². The third kappa shape index (κ3) is 6.55. The number of hydrogen-bond acceptors (Lipinski definition) is 2. The maximum atomic E-state index is 13.2. The largest absolute Gasteiger partial charge is 0.481 e. The Morgan fingerprint density at radius 3 is 2.42 bits per heavy atom. The van der Waals surface area contributed by atoms with Crippen molar-refractivity contribution < 1.29 is 27.9 Å². The van der Waals surface area contributed by atoms with Crippen LogP contribution in [0.1, 0.15) is 46.8 Å². The molecule has 0 bridgehead atoms. The second-order valence-electron chi connectivity index (χ2n) is 9.15. The molecule has 0 saturated heterocycles. The van der Waals surface area contributed by atoms with Crippen molar-refractivity contribution in [2.24, 2.45) is 0 Å². The van der Waals surface area contributed by atoms with E-state index >= 15 is 0 Å².